The van der Waals surface area contributed by atoms with Gasteiger partial charge in [-0.15, -0.1) is 0 Å². The summed E-state index contributed by atoms with van der Waals surface area (Å²) in [6.45, 7) is 4.70. The molecule has 3 heterocycles. The van der Waals surface area contributed by atoms with Gasteiger partial charge in [-0.3, -0.25) is 0 Å². The van der Waals surface area contributed by atoms with Gasteiger partial charge in [0.05, 0.1) is 22.7 Å². The minimum Gasteiger partial charge on any atom is -0.310 e. The number of hydrogen-bond donors (Lipinski definition) is 0. The highest BCUT2D eigenvalue weighted by molar-refractivity contribution is 7.99. The fraction of sp³-hybridized carbons (Fsp3) is 0.0556. The third-order valence-corrected chi connectivity index (χ3v) is 12.8. The van der Waals surface area contributed by atoms with Crippen LogP contribution in [0.5, 0.6) is 0 Å². The Labute approximate surface area is 354 Å². The van der Waals surface area contributed by atoms with Gasteiger partial charge in [0.15, 0.2) is 17.5 Å². The molecule has 0 saturated carbocycles. The first kappa shape index (κ1) is 35.8. The summed E-state index contributed by atoms with van der Waals surface area (Å²) >= 11 is 1.84. The lowest BCUT2D eigenvalue weighted by Gasteiger charge is -2.42. The number of fused-ring (bicyclic) bond motifs is 4. The molecular formula is C54H39N5S. The van der Waals surface area contributed by atoms with E-state index in [-0.39, 0.29) is 5.41 Å². The quantitative estimate of drug-likeness (QED) is 0.167. The first-order valence-corrected chi connectivity index (χ1v) is 21.1. The first-order chi connectivity index (χ1) is 29.5. The van der Waals surface area contributed by atoms with Crippen molar-refractivity contribution in [2.75, 3.05) is 9.80 Å². The van der Waals surface area contributed by atoms with Gasteiger partial charge >= 0.3 is 0 Å². The zero-order chi connectivity index (χ0) is 40.2. The number of para-hydroxylation sites is 3. The molecule has 2 aliphatic rings. The smallest absolute Gasteiger partial charge is 0.164 e. The predicted molar refractivity (Wildman–Crippen MR) is 247 cm³/mol. The number of benzene rings is 8. The van der Waals surface area contributed by atoms with Crippen molar-refractivity contribution in [2.24, 2.45) is 0 Å². The number of rotatable bonds is 6. The van der Waals surface area contributed by atoms with Crippen LogP contribution in [0.4, 0.5) is 34.1 Å². The topological polar surface area (TPSA) is 45.2 Å². The molecule has 0 atom stereocenters. The molecule has 0 radical (unpaired) electrons. The molecule has 0 amide bonds. The lowest BCUT2D eigenvalue weighted by Crippen LogP contribution is -2.30. The second-order valence-electron chi connectivity index (χ2n) is 15.7. The molecule has 286 valence electrons. The van der Waals surface area contributed by atoms with Crippen LogP contribution in [0.15, 0.2) is 210 Å². The number of hydrogen-bond acceptors (Lipinski definition) is 6. The molecule has 0 N–H and O–H groups in total. The van der Waals surface area contributed by atoms with Crippen molar-refractivity contribution in [3.05, 3.63) is 211 Å². The molecule has 0 saturated heterocycles. The molecule has 9 aromatic rings. The molecule has 0 bridgehead atoms. The van der Waals surface area contributed by atoms with Gasteiger partial charge < -0.3 is 9.80 Å². The van der Waals surface area contributed by atoms with Crippen LogP contribution >= 0.6 is 11.8 Å². The van der Waals surface area contributed by atoms with Crippen LogP contribution in [0.2, 0.25) is 0 Å². The lowest BCUT2D eigenvalue weighted by molar-refractivity contribution is 0.632. The van der Waals surface area contributed by atoms with E-state index in [4.69, 9.17) is 15.0 Å². The largest absolute Gasteiger partial charge is 0.310 e. The minimum atomic E-state index is -0.239. The molecule has 0 aliphatic carbocycles. The Morgan fingerprint density at radius 3 is 1.43 bits per heavy atom. The molecule has 1 aromatic heterocycles. The highest BCUT2D eigenvalue weighted by atomic mass is 32.2. The maximum Gasteiger partial charge on any atom is 0.164 e. The molecule has 60 heavy (non-hydrogen) atoms. The third-order valence-electron chi connectivity index (χ3n) is 11.7. The average Bonchev–Trinajstić information content (AvgIpc) is 3.31. The molecular weight excluding hydrogens is 751 g/mol. The van der Waals surface area contributed by atoms with Gasteiger partial charge in [-0.2, -0.15) is 0 Å². The van der Waals surface area contributed by atoms with Crippen LogP contribution in [-0.4, -0.2) is 15.0 Å². The Bertz CT molecular complexity index is 2980. The summed E-state index contributed by atoms with van der Waals surface area (Å²) in [6.07, 6.45) is 0. The summed E-state index contributed by atoms with van der Waals surface area (Å²) in [5.41, 5.74) is 14.5. The lowest BCUT2D eigenvalue weighted by atomic mass is 9.73. The summed E-state index contributed by atoms with van der Waals surface area (Å²) in [4.78, 5) is 22.1. The van der Waals surface area contributed by atoms with Crippen LogP contribution < -0.4 is 9.80 Å². The third kappa shape index (κ3) is 6.16. The molecule has 0 spiro atoms. The van der Waals surface area contributed by atoms with E-state index in [1.165, 1.54) is 54.8 Å². The van der Waals surface area contributed by atoms with Gasteiger partial charge in [-0.25, -0.2) is 15.0 Å². The highest BCUT2D eigenvalue weighted by Crippen LogP contribution is 2.55. The van der Waals surface area contributed by atoms with Crippen LogP contribution in [0, 0.1) is 0 Å². The van der Waals surface area contributed by atoms with Crippen LogP contribution in [0.3, 0.4) is 0 Å². The summed E-state index contributed by atoms with van der Waals surface area (Å²) in [7, 11) is 0. The van der Waals surface area contributed by atoms with E-state index in [9.17, 15) is 0 Å². The van der Waals surface area contributed by atoms with Crippen molar-refractivity contribution in [1.82, 2.24) is 15.0 Å². The summed E-state index contributed by atoms with van der Waals surface area (Å²) < 4.78 is 0. The Morgan fingerprint density at radius 2 is 0.783 bits per heavy atom. The van der Waals surface area contributed by atoms with Crippen molar-refractivity contribution in [3.63, 3.8) is 0 Å². The Kier molecular flexibility index (Phi) is 8.68. The van der Waals surface area contributed by atoms with Crippen LogP contribution in [0.25, 0.3) is 45.3 Å². The van der Waals surface area contributed by atoms with Crippen molar-refractivity contribution in [3.8, 4) is 45.3 Å². The molecule has 0 fully saturated rings. The van der Waals surface area contributed by atoms with E-state index >= 15 is 0 Å². The van der Waals surface area contributed by atoms with Crippen molar-refractivity contribution >= 4 is 45.9 Å². The van der Waals surface area contributed by atoms with Gasteiger partial charge in [0.25, 0.3) is 0 Å². The highest BCUT2D eigenvalue weighted by Gasteiger charge is 2.37. The van der Waals surface area contributed by atoms with Crippen molar-refractivity contribution in [2.45, 2.75) is 29.1 Å². The zero-order valence-corrected chi connectivity index (χ0v) is 34.0. The monoisotopic (exact) mass is 789 g/mol. The van der Waals surface area contributed by atoms with E-state index in [0.717, 1.165) is 28.1 Å². The Balaban J connectivity index is 0.983. The Morgan fingerprint density at radius 1 is 0.350 bits per heavy atom. The molecule has 8 aromatic carbocycles. The van der Waals surface area contributed by atoms with Gasteiger partial charge in [0, 0.05) is 43.3 Å². The fourth-order valence-corrected chi connectivity index (χ4v) is 9.75. The molecule has 2 aliphatic heterocycles. The van der Waals surface area contributed by atoms with Crippen molar-refractivity contribution in [1.29, 1.82) is 0 Å². The molecule has 11 rings (SSSR count). The van der Waals surface area contributed by atoms with Crippen molar-refractivity contribution < 1.29 is 0 Å². The normalized spacial score (nSPS) is 13.5. The Hall–Kier alpha value is -7.28. The van der Waals surface area contributed by atoms with E-state index in [2.05, 4.69) is 163 Å². The SMILES string of the molecule is CC1(C)c2ccccc2N(c2ccc(-c3nc(-c4ccccc4)nc(-c4ccccc4)n3)cc2)c2ccc(-c3ccc4c(c3)Sc3ccccc3N4c3ccccc3)cc21. The minimum absolute atomic E-state index is 0.239. The second kappa shape index (κ2) is 14.5. The molecule has 6 heteroatoms. The average molecular weight is 790 g/mol. The number of anilines is 6. The van der Waals surface area contributed by atoms with Gasteiger partial charge in [-0.1, -0.05) is 147 Å². The first-order valence-electron chi connectivity index (χ1n) is 20.3. The summed E-state index contributed by atoms with van der Waals surface area (Å²) in [5.74, 6) is 1.94. The van der Waals surface area contributed by atoms with Gasteiger partial charge in [-0.05, 0) is 101 Å². The van der Waals surface area contributed by atoms with Crippen LogP contribution in [-0.2, 0) is 5.41 Å². The van der Waals surface area contributed by atoms with Crippen LogP contribution in [0.1, 0.15) is 25.0 Å². The number of nitrogens with zero attached hydrogens (tertiary/aromatic N) is 5. The molecule has 5 nitrogen and oxygen atoms in total. The maximum atomic E-state index is 4.99. The fourth-order valence-electron chi connectivity index (χ4n) is 8.65. The predicted octanol–water partition coefficient (Wildman–Crippen LogP) is 14.6. The zero-order valence-electron chi connectivity index (χ0n) is 33.2. The second-order valence-corrected chi connectivity index (χ2v) is 16.8. The van der Waals surface area contributed by atoms with E-state index in [1.54, 1.807) is 0 Å². The van der Waals surface area contributed by atoms with E-state index in [1.807, 2.05) is 72.4 Å². The summed E-state index contributed by atoms with van der Waals surface area (Å²) in [6, 6.07) is 70.9. The standard InChI is InChI=1S/C54H39N5S/c1-54(2)43-22-12-13-23-45(43)58(42-30-26-38(27-31-42)53-56-51(36-16-6-3-7-17-36)55-52(57-53)37-18-8-4-9-19-37)46-32-28-39(34-44(46)54)40-29-33-48-50(35-40)60-49-25-15-14-24-47(49)59(48)41-20-10-5-11-21-41/h3-35H,1-2H3. The van der Waals surface area contributed by atoms with E-state index < -0.39 is 0 Å². The van der Waals surface area contributed by atoms with Gasteiger partial charge in [0.2, 0.25) is 0 Å². The number of aromatic nitrogens is 3. The van der Waals surface area contributed by atoms with E-state index in [0.29, 0.717) is 17.5 Å². The summed E-state index contributed by atoms with van der Waals surface area (Å²) in [5, 5.41) is 0. The molecule has 0 unspecified atom stereocenters. The van der Waals surface area contributed by atoms with Gasteiger partial charge in [0.1, 0.15) is 0 Å². The maximum absolute atomic E-state index is 4.99.